The summed E-state index contributed by atoms with van der Waals surface area (Å²) in [5.41, 5.74) is 11.4. The molecule has 1 saturated heterocycles. The van der Waals surface area contributed by atoms with Gasteiger partial charge in [-0.15, -0.1) is 0 Å². The first-order chi connectivity index (χ1) is 14.1. The van der Waals surface area contributed by atoms with Gasteiger partial charge >= 0.3 is 0 Å². The summed E-state index contributed by atoms with van der Waals surface area (Å²) in [6, 6.07) is 14.3. The van der Waals surface area contributed by atoms with Gasteiger partial charge in [0.15, 0.2) is 0 Å². The maximum atomic E-state index is 12.4. The van der Waals surface area contributed by atoms with Gasteiger partial charge in [0.2, 0.25) is 0 Å². The summed E-state index contributed by atoms with van der Waals surface area (Å²) in [5, 5.41) is 6.47. The van der Waals surface area contributed by atoms with Crippen LogP contribution in [0.2, 0.25) is 0 Å². The van der Waals surface area contributed by atoms with E-state index in [4.69, 9.17) is 5.73 Å². The number of nitrogens with two attached hydrogens (primary N) is 1. The molecule has 0 aliphatic carbocycles. The molecule has 2 aliphatic heterocycles. The lowest BCUT2D eigenvalue weighted by molar-refractivity contribution is -0.110. The number of benzene rings is 2. The fraction of sp³-hybridized carbons (Fsp3) is 0.375. The van der Waals surface area contributed by atoms with Crippen molar-refractivity contribution in [1.82, 2.24) is 4.90 Å². The van der Waals surface area contributed by atoms with Gasteiger partial charge in [0.1, 0.15) is 0 Å². The highest BCUT2D eigenvalue weighted by molar-refractivity contribution is 6.31. The van der Waals surface area contributed by atoms with E-state index in [0.717, 1.165) is 29.9 Å². The van der Waals surface area contributed by atoms with Gasteiger partial charge in [0.25, 0.3) is 5.91 Å². The number of nitrogens with one attached hydrogen (secondary N) is 2. The van der Waals surface area contributed by atoms with Crippen LogP contribution < -0.4 is 16.4 Å². The third-order valence-corrected chi connectivity index (χ3v) is 5.80. The summed E-state index contributed by atoms with van der Waals surface area (Å²) in [6.07, 6.45) is 6.89. The number of rotatable bonds is 6. The lowest BCUT2D eigenvalue weighted by Crippen LogP contribution is -2.29. The lowest BCUT2D eigenvalue weighted by Gasteiger charge is -2.26. The maximum absolute atomic E-state index is 12.4. The molecule has 0 saturated carbocycles. The molecule has 1 amide bonds. The number of amides is 1. The Morgan fingerprint density at radius 3 is 2.62 bits per heavy atom. The first-order valence-electron chi connectivity index (χ1n) is 10.6. The van der Waals surface area contributed by atoms with Crippen LogP contribution in [0.3, 0.4) is 0 Å². The van der Waals surface area contributed by atoms with Crippen molar-refractivity contribution in [3.63, 3.8) is 0 Å². The number of fused-ring (bicyclic) bond motifs is 1. The van der Waals surface area contributed by atoms with Gasteiger partial charge in [-0.1, -0.05) is 25.5 Å². The van der Waals surface area contributed by atoms with Crippen molar-refractivity contribution >= 4 is 28.5 Å². The number of carbonyl (C=O) groups is 1. The Morgan fingerprint density at radius 1 is 1.14 bits per heavy atom. The number of piperidine rings is 1. The Morgan fingerprint density at radius 2 is 1.90 bits per heavy atom. The molecule has 4 rings (SSSR count). The molecule has 2 aliphatic rings. The summed E-state index contributed by atoms with van der Waals surface area (Å²) >= 11 is 0. The highest BCUT2D eigenvalue weighted by atomic mass is 16.2. The van der Waals surface area contributed by atoms with Crippen molar-refractivity contribution < 1.29 is 4.79 Å². The Kier molecular flexibility index (Phi) is 5.86. The number of carbonyl (C=O) groups excluding carboxylic acids is 1. The number of hydrogen-bond donors (Lipinski definition) is 3. The largest absolute Gasteiger partial charge is 0.399 e. The minimum atomic E-state index is -0.0669. The monoisotopic (exact) mass is 390 g/mol. The molecule has 0 aromatic heterocycles. The van der Waals surface area contributed by atoms with Gasteiger partial charge in [-0.05, 0) is 74.3 Å². The van der Waals surface area contributed by atoms with E-state index in [1.807, 2.05) is 24.3 Å². The van der Waals surface area contributed by atoms with Crippen molar-refractivity contribution in [2.75, 3.05) is 29.5 Å². The summed E-state index contributed by atoms with van der Waals surface area (Å²) in [4.78, 5) is 15.0. The Hall–Kier alpha value is -2.79. The van der Waals surface area contributed by atoms with Crippen LogP contribution in [0.1, 0.15) is 43.7 Å². The second-order valence-corrected chi connectivity index (χ2v) is 8.03. The Bertz CT molecular complexity index is 898. The normalized spacial score (nSPS) is 19.1. The van der Waals surface area contributed by atoms with Crippen LogP contribution in [0.15, 0.2) is 48.5 Å². The molecule has 0 spiro atoms. The standard InChI is InChI=1S/C24H30N4O/c1-2-19(15-22-21-14-18(25)8-11-23(21)27-24(22)29)26-20-9-6-17(7-10-20)16-28-12-4-3-5-13-28/h6-11,14-15,19,26H,2-5,12-13,16,25H2,1H3,(H,27,29). The van der Waals surface area contributed by atoms with Crippen molar-refractivity contribution in [3.05, 3.63) is 59.7 Å². The highest BCUT2D eigenvalue weighted by Gasteiger charge is 2.25. The molecule has 1 unspecified atom stereocenters. The molecule has 2 aromatic carbocycles. The topological polar surface area (TPSA) is 70.4 Å². The number of nitrogen functional groups attached to an aromatic ring is 1. The van der Waals surface area contributed by atoms with Crippen LogP contribution in [0.5, 0.6) is 0 Å². The van der Waals surface area contributed by atoms with Crippen molar-refractivity contribution in [2.45, 2.75) is 45.2 Å². The zero-order chi connectivity index (χ0) is 20.2. The maximum Gasteiger partial charge on any atom is 0.256 e. The molecule has 4 N–H and O–H groups in total. The van der Waals surface area contributed by atoms with Gasteiger partial charge in [-0.25, -0.2) is 0 Å². The average molecular weight is 391 g/mol. The van der Waals surface area contributed by atoms with E-state index in [2.05, 4.69) is 46.7 Å². The van der Waals surface area contributed by atoms with Crippen molar-refractivity contribution in [2.24, 2.45) is 0 Å². The van der Waals surface area contributed by atoms with Gasteiger partial charge in [-0.2, -0.15) is 0 Å². The first-order valence-corrected chi connectivity index (χ1v) is 10.6. The Balaban J connectivity index is 1.45. The van der Waals surface area contributed by atoms with Gasteiger partial charge in [0, 0.05) is 40.8 Å². The fourth-order valence-corrected chi connectivity index (χ4v) is 4.13. The summed E-state index contributed by atoms with van der Waals surface area (Å²) < 4.78 is 0. The van der Waals surface area contributed by atoms with Crippen LogP contribution in [0, 0.1) is 0 Å². The smallest absolute Gasteiger partial charge is 0.256 e. The van der Waals surface area contributed by atoms with E-state index in [0.29, 0.717) is 11.3 Å². The van der Waals surface area contributed by atoms with E-state index >= 15 is 0 Å². The van der Waals surface area contributed by atoms with Gasteiger partial charge < -0.3 is 16.4 Å². The average Bonchev–Trinajstić information content (AvgIpc) is 3.04. The minimum Gasteiger partial charge on any atom is -0.399 e. The van der Waals surface area contributed by atoms with E-state index < -0.39 is 0 Å². The molecule has 0 radical (unpaired) electrons. The molecule has 152 valence electrons. The second-order valence-electron chi connectivity index (χ2n) is 8.03. The third kappa shape index (κ3) is 4.62. The third-order valence-electron chi connectivity index (χ3n) is 5.80. The van der Waals surface area contributed by atoms with Crippen LogP contribution in [0.4, 0.5) is 17.1 Å². The van der Waals surface area contributed by atoms with Crippen LogP contribution in [-0.2, 0) is 11.3 Å². The molecular weight excluding hydrogens is 360 g/mol. The van der Waals surface area contributed by atoms with E-state index in [-0.39, 0.29) is 11.9 Å². The molecule has 1 fully saturated rings. The predicted molar refractivity (Wildman–Crippen MR) is 121 cm³/mol. The van der Waals surface area contributed by atoms with Crippen LogP contribution in [-0.4, -0.2) is 29.9 Å². The van der Waals surface area contributed by atoms with Crippen LogP contribution in [0.25, 0.3) is 5.57 Å². The van der Waals surface area contributed by atoms with Crippen molar-refractivity contribution in [1.29, 1.82) is 0 Å². The first kappa shape index (κ1) is 19.5. The zero-order valence-electron chi connectivity index (χ0n) is 17.1. The molecule has 29 heavy (non-hydrogen) atoms. The highest BCUT2D eigenvalue weighted by Crippen LogP contribution is 2.33. The Labute approximate surface area is 173 Å². The summed E-state index contributed by atoms with van der Waals surface area (Å²) in [5.74, 6) is -0.0669. The van der Waals surface area contributed by atoms with Gasteiger partial charge in [0.05, 0.1) is 0 Å². The molecule has 0 bridgehead atoms. The van der Waals surface area contributed by atoms with Crippen molar-refractivity contribution in [3.8, 4) is 0 Å². The number of likely N-dealkylation sites (tertiary alicyclic amines) is 1. The summed E-state index contributed by atoms with van der Waals surface area (Å²) in [6.45, 7) is 5.56. The molecule has 2 aromatic rings. The molecule has 5 heteroatoms. The quantitative estimate of drug-likeness (QED) is 0.502. The second kappa shape index (κ2) is 8.70. The molecular formula is C24H30N4O. The van der Waals surface area contributed by atoms with Crippen LogP contribution >= 0.6 is 0 Å². The predicted octanol–water partition coefficient (Wildman–Crippen LogP) is 4.48. The summed E-state index contributed by atoms with van der Waals surface area (Å²) in [7, 11) is 0. The molecule has 2 heterocycles. The van der Waals surface area contributed by atoms with Gasteiger partial charge in [-0.3, -0.25) is 9.69 Å². The SMILES string of the molecule is CCC(C=C1C(=O)Nc2ccc(N)cc21)Nc1ccc(CN2CCCCC2)cc1. The minimum absolute atomic E-state index is 0.0658. The fourth-order valence-electron chi connectivity index (χ4n) is 4.13. The molecule has 5 nitrogen and oxygen atoms in total. The number of nitrogens with zero attached hydrogens (tertiary/aromatic N) is 1. The number of anilines is 3. The van der Waals surface area contributed by atoms with E-state index in [1.165, 1.54) is 37.9 Å². The van der Waals surface area contributed by atoms with E-state index in [9.17, 15) is 4.79 Å². The zero-order valence-corrected chi connectivity index (χ0v) is 17.1. The lowest BCUT2D eigenvalue weighted by atomic mass is 10.0. The molecule has 1 atom stereocenters. The van der Waals surface area contributed by atoms with E-state index in [1.54, 1.807) is 0 Å². The number of hydrogen-bond acceptors (Lipinski definition) is 4.